The van der Waals surface area contributed by atoms with E-state index in [-0.39, 0.29) is 11.9 Å². The van der Waals surface area contributed by atoms with Gasteiger partial charge in [0.25, 0.3) is 5.91 Å². The Balaban J connectivity index is 1.55. The van der Waals surface area contributed by atoms with Gasteiger partial charge in [0.05, 0.1) is 27.0 Å². The van der Waals surface area contributed by atoms with E-state index in [4.69, 9.17) is 16.6 Å². The van der Waals surface area contributed by atoms with Crippen LogP contribution in [0.15, 0.2) is 24.5 Å². The van der Waals surface area contributed by atoms with Gasteiger partial charge in [-0.3, -0.25) is 9.48 Å². The number of hydrogen-bond donors (Lipinski definition) is 0. The molecule has 1 aliphatic heterocycles. The zero-order chi connectivity index (χ0) is 19.1. The Kier molecular flexibility index (Phi) is 4.82. The molecular weight excluding hydrogens is 382 g/mol. The van der Waals surface area contributed by atoms with Crippen molar-refractivity contribution in [2.24, 2.45) is 7.05 Å². The number of carbonyl (C=O) groups excluding carboxylic acids is 1. The first-order valence-electron chi connectivity index (χ1n) is 9.00. The summed E-state index contributed by atoms with van der Waals surface area (Å²) < 4.78 is 2.69. The van der Waals surface area contributed by atoms with Crippen molar-refractivity contribution < 1.29 is 4.79 Å². The van der Waals surface area contributed by atoms with Gasteiger partial charge in [0.1, 0.15) is 0 Å². The van der Waals surface area contributed by atoms with Crippen molar-refractivity contribution in [3.05, 3.63) is 40.7 Å². The predicted molar refractivity (Wildman–Crippen MR) is 110 cm³/mol. The molecule has 27 heavy (non-hydrogen) atoms. The lowest BCUT2D eigenvalue weighted by Crippen LogP contribution is -2.48. The monoisotopic (exact) mass is 403 g/mol. The fourth-order valence-corrected chi connectivity index (χ4v) is 4.92. The first kappa shape index (κ1) is 18.3. The molecule has 1 saturated heterocycles. The van der Waals surface area contributed by atoms with Crippen LogP contribution in [0.4, 0.5) is 5.13 Å². The predicted octanol–water partition coefficient (Wildman–Crippen LogP) is 3.73. The Morgan fingerprint density at radius 1 is 1.41 bits per heavy atom. The minimum Gasteiger partial charge on any atom is -0.346 e. The summed E-state index contributed by atoms with van der Waals surface area (Å²) in [4.78, 5) is 21.7. The van der Waals surface area contributed by atoms with Crippen LogP contribution in [0.5, 0.6) is 0 Å². The number of anilines is 1. The molecule has 4 rings (SSSR count). The summed E-state index contributed by atoms with van der Waals surface area (Å²) in [5, 5.41) is 5.83. The number of benzene rings is 1. The summed E-state index contributed by atoms with van der Waals surface area (Å²) in [7, 11) is 3.70. The van der Waals surface area contributed by atoms with Crippen molar-refractivity contribution in [2.45, 2.75) is 25.8 Å². The molecule has 142 valence electrons. The van der Waals surface area contributed by atoms with Crippen LogP contribution in [0.2, 0.25) is 5.02 Å². The Hall–Kier alpha value is -2.12. The lowest BCUT2D eigenvalue weighted by Gasteiger charge is -2.37. The fourth-order valence-electron chi connectivity index (χ4n) is 3.57. The number of nitrogens with zero attached hydrogens (tertiary/aromatic N) is 5. The molecule has 6 nitrogen and oxygen atoms in total. The van der Waals surface area contributed by atoms with Gasteiger partial charge < -0.3 is 9.80 Å². The topological polar surface area (TPSA) is 54.3 Å². The molecule has 8 heteroatoms. The molecule has 3 aromatic rings. The van der Waals surface area contributed by atoms with Gasteiger partial charge in [0, 0.05) is 39.4 Å². The third kappa shape index (κ3) is 3.41. The maximum absolute atomic E-state index is 12.8. The van der Waals surface area contributed by atoms with Gasteiger partial charge in [-0.1, -0.05) is 29.0 Å². The van der Waals surface area contributed by atoms with Crippen LogP contribution in [0.3, 0.4) is 0 Å². The number of likely N-dealkylation sites (N-methyl/N-ethyl adjacent to an activating group) is 1. The van der Waals surface area contributed by atoms with Gasteiger partial charge >= 0.3 is 0 Å². The summed E-state index contributed by atoms with van der Waals surface area (Å²) in [6, 6.07) is 4.09. The SMILES string of the molecule is Cc1ccc(Cl)c2sc(N3CCCC(N(C)C(=O)c4cnn(C)c4)C3)nc12. The molecule has 3 heterocycles. The summed E-state index contributed by atoms with van der Waals surface area (Å²) in [5.74, 6) is 0.0122. The first-order valence-corrected chi connectivity index (χ1v) is 10.2. The van der Waals surface area contributed by atoms with Crippen LogP contribution < -0.4 is 4.90 Å². The first-order chi connectivity index (χ1) is 12.9. The number of rotatable bonds is 3. The second kappa shape index (κ2) is 7.13. The molecule has 0 bridgehead atoms. The number of piperidine rings is 1. The lowest BCUT2D eigenvalue weighted by molar-refractivity contribution is 0.0717. The summed E-state index contributed by atoms with van der Waals surface area (Å²) in [6.45, 7) is 3.78. The van der Waals surface area contributed by atoms with Crippen molar-refractivity contribution >= 4 is 44.2 Å². The second-order valence-corrected chi connectivity index (χ2v) is 8.48. The van der Waals surface area contributed by atoms with E-state index < -0.39 is 0 Å². The molecule has 1 unspecified atom stereocenters. The van der Waals surface area contributed by atoms with Crippen molar-refractivity contribution in [3.8, 4) is 0 Å². The van der Waals surface area contributed by atoms with Crippen LogP contribution in [-0.4, -0.2) is 51.8 Å². The molecule has 1 aliphatic rings. The van der Waals surface area contributed by atoms with Crippen LogP contribution in [0, 0.1) is 6.92 Å². The fraction of sp³-hybridized carbons (Fsp3) is 0.421. The van der Waals surface area contributed by atoms with Gasteiger partial charge in [-0.25, -0.2) is 4.98 Å². The number of aromatic nitrogens is 3. The normalized spacial score (nSPS) is 17.5. The molecule has 0 saturated carbocycles. The third-order valence-corrected chi connectivity index (χ3v) is 6.75. The Morgan fingerprint density at radius 2 is 2.22 bits per heavy atom. The number of hydrogen-bond acceptors (Lipinski definition) is 5. The molecule has 1 fully saturated rings. The number of halogens is 1. The molecule has 1 amide bonds. The Labute approximate surface area is 167 Å². The minimum absolute atomic E-state index is 0.0122. The van der Waals surface area contributed by atoms with Gasteiger partial charge in [0.2, 0.25) is 0 Å². The Bertz CT molecular complexity index is 958. The standard InChI is InChI=1S/C19H22ClN5OS/c1-12-6-7-15(20)17-16(12)22-19(27-17)25-8-4-5-14(11-25)24(3)18(26)13-9-21-23(2)10-13/h6-7,9-10,14H,4-5,8,11H2,1-3H3. The zero-order valence-electron chi connectivity index (χ0n) is 15.6. The van der Waals surface area contributed by atoms with E-state index in [0.717, 1.165) is 51.9 Å². The third-order valence-electron chi connectivity index (χ3n) is 5.17. The summed E-state index contributed by atoms with van der Waals surface area (Å²) in [5.41, 5.74) is 2.73. The van der Waals surface area contributed by atoms with Crippen molar-refractivity contribution in [1.29, 1.82) is 0 Å². The van der Waals surface area contributed by atoms with Gasteiger partial charge in [-0.15, -0.1) is 0 Å². The molecule has 1 atom stereocenters. The number of fused-ring (bicyclic) bond motifs is 1. The van der Waals surface area contributed by atoms with Crippen molar-refractivity contribution in [1.82, 2.24) is 19.7 Å². The van der Waals surface area contributed by atoms with Crippen LogP contribution >= 0.6 is 22.9 Å². The quantitative estimate of drug-likeness (QED) is 0.668. The molecular formula is C19H22ClN5OS. The lowest BCUT2D eigenvalue weighted by atomic mass is 10.0. The molecule has 0 N–H and O–H groups in total. The van der Waals surface area contributed by atoms with Gasteiger partial charge in [-0.2, -0.15) is 5.10 Å². The van der Waals surface area contributed by atoms with E-state index in [2.05, 4.69) is 16.9 Å². The van der Waals surface area contributed by atoms with Crippen LogP contribution in [0.1, 0.15) is 28.8 Å². The van der Waals surface area contributed by atoms with E-state index in [1.807, 2.05) is 31.1 Å². The van der Waals surface area contributed by atoms with E-state index in [1.165, 1.54) is 0 Å². The number of thiazole rings is 1. The molecule has 0 radical (unpaired) electrons. The summed E-state index contributed by atoms with van der Waals surface area (Å²) in [6.07, 6.45) is 5.40. The average molecular weight is 404 g/mol. The van der Waals surface area contributed by atoms with E-state index >= 15 is 0 Å². The van der Waals surface area contributed by atoms with Crippen molar-refractivity contribution in [3.63, 3.8) is 0 Å². The molecule has 2 aromatic heterocycles. The van der Waals surface area contributed by atoms with E-state index in [9.17, 15) is 4.79 Å². The highest BCUT2D eigenvalue weighted by Gasteiger charge is 2.29. The molecule has 0 aliphatic carbocycles. The highest BCUT2D eigenvalue weighted by Crippen LogP contribution is 2.36. The van der Waals surface area contributed by atoms with Crippen LogP contribution in [0.25, 0.3) is 10.2 Å². The van der Waals surface area contributed by atoms with E-state index in [1.54, 1.807) is 28.4 Å². The highest BCUT2D eigenvalue weighted by molar-refractivity contribution is 7.22. The zero-order valence-corrected chi connectivity index (χ0v) is 17.2. The molecule has 0 spiro atoms. The largest absolute Gasteiger partial charge is 0.346 e. The Morgan fingerprint density at radius 3 is 2.93 bits per heavy atom. The molecule has 1 aromatic carbocycles. The van der Waals surface area contributed by atoms with Gasteiger partial charge in [-0.05, 0) is 31.4 Å². The average Bonchev–Trinajstić information content (AvgIpc) is 3.31. The second-order valence-electron chi connectivity index (χ2n) is 7.10. The maximum atomic E-state index is 12.8. The number of amides is 1. The summed E-state index contributed by atoms with van der Waals surface area (Å²) >= 11 is 8.00. The van der Waals surface area contributed by atoms with Gasteiger partial charge in [0.15, 0.2) is 5.13 Å². The van der Waals surface area contributed by atoms with E-state index in [0.29, 0.717) is 5.56 Å². The van der Waals surface area contributed by atoms with Crippen LogP contribution in [-0.2, 0) is 7.05 Å². The maximum Gasteiger partial charge on any atom is 0.257 e. The minimum atomic E-state index is 0.0122. The number of aryl methyl sites for hydroxylation is 2. The highest BCUT2D eigenvalue weighted by atomic mass is 35.5. The van der Waals surface area contributed by atoms with Crippen molar-refractivity contribution in [2.75, 3.05) is 25.0 Å². The smallest absolute Gasteiger partial charge is 0.257 e. The number of carbonyl (C=O) groups is 1.